The van der Waals surface area contributed by atoms with Gasteiger partial charge in [-0.2, -0.15) is 0 Å². The molecule has 106 valence electrons. The maximum atomic E-state index is 4.53. The minimum atomic E-state index is 0.909. The molecule has 21 heavy (non-hydrogen) atoms. The first-order valence-electron chi connectivity index (χ1n) is 7.23. The molecule has 0 spiro atoms. The van der Waals surface area contributed by atoms with Gasteiger partial charge in [0.15, 0.2) is 0 Å². The summed E-state index contributed by atoms with van der Waals surface area (Å²) in [6.07, 6.45) is 2.76. The highest BCUT2D eigenvalue weighted by Gasteiger charge is 2.11. The Bertz CT molecular complexity index is 729. The Morgan fingerprint density at radius 1 is 1.05 bits per heavy atom. The van der Waals surface area contributed by atoms with Crippen LogP contribution in [0.4, 0.5) is 5.69 Å². The van der Waals surface area contributed by atoms with Crippen LogP contribution in [0.2, 0.25) is 0 Å². The van der Waals surface area contributed by atoms with Gasteiger partial charge in [0.2, 0.25) is 0 Å². The van der Waals surface area contributed by atoms with Gasteiger partial charge >= 0.3 is 0 Å². The molecule has 0 atom stereocenters. The Hall–Kier alpha value is -2.55. The van der Waals surface area contributed by atoms with E-state index in [4.69, 9.17) is 0 Å². The van der Waals surface area contributed by atoms with E-state index in [9.17, 15) is 0 Å². The second kappa shape index (κ2) is 5.83. The van der Waals surface area contributed by atoms with Crippen LogP contribution in [0.3, 0.4) is 0 Å². The zero-order chi connectivity index (χ0) is 14.7. The van der Waals surface area contributed by atoms with Crippen molar-refractivity contribution < 1.29 is 0 Å². The molecule has 0 saturated heterocycles. The summed E-state index contributed by atoms with van der Waals surface area (Å²) in [5, 5.41) is 0. The van der Waals surface area contributed by atoms with Crippen LogP contribution in [0.5, 0.6) is 0 Å². The molecular weight excluding hydrogens is 258 g/mol. The van der Waals surface area contributed by atoms with E-state index in [0.29, 0.717) is 0 Å². The number of nitrogens with one attached hydrogen (secondary N) is 1. The summed E-state index contributed by atoms with van der Waals surface area (Å²) < 4.78 is 2.00. The van der Waals surface area contributed by atoms with Crippen LogP contribution in [0.25, 0.3) is 11.3 Å². The molecule has 0 saturated carbocycles. The predicted octanol–water partition coefficient (Wildman–Crippen LogP) is 4.30. The van der Waals surface area contributed by atoms with Crippen LogP contribution < -0.4 is 5.43 Å². The maximum Gasteiger partial charge on any atom is 0.115 e. The summed E-state index contributed by atoms with van der Waals surface area (Å²) in [7, 11) is 0. The van der Waals surface area contributed by atoms with E-state index in [1.807, 2.05) is 17.1 Å². The average molecular weight is 277 g/mol. The van der Waals surface area contributed by atoms with Crippen LogP contribution in [0.15, 0.2) is 60.9 Å². The van der Waals surface area contributed by atoms with E-state index >= 15 is 0 Å². The van der Waals surface area contributed by atoms with Gasteiger partial charge in [0.05, 0.1) is 17.1 Å². The van der Waals surface area contributed by atoms with E-state index in [0.717, 1.165) is 23.5 Å². The Morgan fingerprint density at radius 3 is 2.57 bits per heavy atom. The molecular formula is C18H19N3. The summed E-state index contributed by atoms with van der Waals surface area (Å²) in [4.78, 5) is 4.53. The lowest BCUT2D eigenvalue weighted by Gasteiger charge is -2.13. The monoisotopic (exact) mass is 277 g/mol. The lowest BCUT2D eigenvalue weighted by atomic mass is 10.1. The van der Waals surface area contributed by atoms with Crippen molar-refractivity contribution >= 4 is 5.69 Å². The third-order valence-corrected chi connectivity index (χ3v) is 3.49. The van der Waals surface area contributed by atoms with Crippen molar-refractivity contribution in [1.82, 2.24) is 9.66 Å². The second-order valence-electron chi connectivity index (χ2n) is 5.11. The summed E-state index contributed by atoms with van der Waals surface area (Å²) in [5.41, 5.74) is 9.11. The topological polar surface area (TPSA) is 29.9 Å². The normalized spacial score (nSPS) is 10.6. The molecule has 0 bridgehead atoms. The molecule has 3 nitrogen and oxygen atoms in total. The molecule has 3 heteroatoms. The van der Waals surface area contributed by atoms with Gasteiger partial charge in [-0.25, -0.2) is 9.66 Å². The number of nitrogens with zero attached hydrogens (tertiary/aromatic N) is 2. The number of imidazole rings is 1. The van der Waals surface area contributed by atoms with Crippen LogP contribution in [0.1, 0.15) is 18.2 Å². The molecule has 2 aromatic carbocycles. The number of hydrogen-bond acceptors (Lipinski definition) is 2. The van der Waals surface area contributed by atoms with E-state index in [1.165, 1.54) is 11.1 Å². The Balaban J connectivity index is 2.02. The van der Waals surface area contributed by atoms with Crippen LogP contribution in [0, 0.1) is 6.92 Å². The highest BCUT2D eigenvalue weighted by atomic mass is 15.4. The van der Waals surface area contributed by atoms with E-state index in [-0.39, 0.29) is 0 Å². The van der Waals surface area contributed by atoms with Gasteiger partial charge in [0.25, 0.3) is 0 Å². The van der Waals surface area contributed by atoms with E-state index in [1.54, 1.807) is 0 Å². The lowest BCUT2D eigenvalue weighted by Crippen LogP contribution is -2.09. The van der Waals surface area contributed by atoms with Crippen LogP contribution in [-0.2, 0) is 6.42 Å². The molecule has 0 unspecified atom stereocenters. The van der Waals surface area contributed by atoms with Crippen molar-refractivity contribution in [3.8, 4) is 11.3 Å². The molecule has 0 aliphatic carbocycles. The number of anilines is 1. The molecule has 1 N–H and O–H groups in total. The Labute approximate surface area is 125 Å². The Kier molecular flexibility index (Phi) is 3.73. The summed E-state index contributed by atoms with van der Waals surface area (Å²) in [6.45, 7) is 4.22. The number of rotatable bonds is 4. The highest BCUT2D eigenvalue weighted by Crippen LogP contribution is 2.24. The number of hydrogen-bond donors (Lipinski definition) is 1. The fraction of sp³-hybridized carbons (Fsp3) is 0.167. The quantitative estimate of drug-likeness (QED) is 0.770. The molecule has 3 rings (SSSR count). The molecule has 0 aliphatic heterocycles. The minimum Gasteiger partial charge on any atom is -0.293 e. The van der Waals surface area contributed by atoms with Crippen molar-refractivity contribution in [3.05, 3.63) is 72.2 Å². The molecule has 1 aromatic heterocycles. The number of benzene rings is 2. The van der Waals surface area contributed by atoms with Crippen molar-refractivity contribution in [2.24, 2.45) is 0 Å². The summed E-state index contributed by atoms with van der Waals surface area (Å²) in [6, 6.07) is 18.7. The zero-order valence-electron chi connectivity index (χ0n) is 12.4. The second-order valence-corrected chi connectivity index (χ2v) is 5.11. The molecule has 0 fully saturated rings. The zero-order valence-corrected chi connectivity index (χ0v) is 12.4. The molecule has 3 aromatic rings. The van der Waals surface area contributed by atoms with Crippen LogP contribution in [-0.4, -0.2) is 9.66 Å². The van der Waals surface area contributed by atoms with Crippen molar-refractivity contribution in [2.45, 2.75) is 20.3 Å². The van der Waals surface area contributed by atoms with Crippen molar-refractivity contribution in [2.75, 3.05) is 5.43 Å². The van der Waals surface area contributed by atoms with Gasteiger partial charge < -0.3 is 0 Å². The first-order valence-corrected chi connectivity index (χ1v) is 7.23. The van der Waals surface area contributed by atoms with Gasteiger partial charge in [-0.05, 0) is 31.0 Å². The first-order chi connectivity index (χ1) is 10.3. The molecule has 0 radical (unpaired) electrons. The largest absolute Gasteiger partial charge is 0.293 e. The predicted molar refractivity (Wildman–Crippen MR) is 87.2 cm³/mol. The maximum absolute atomic E-state index is 4.53. The van der Waals surface area contributed by atoms with Gasteiger partial charge in [-0.15, -0.1) is 0 Å². The summed E-state index contributed by atoms with van der Waals surface area (Å²) >= 11 is 0. The fourth-order valence-electron chi connectivity index (χ4n) is 2.48. The number of aromatic nitrogens is 2. The lowest BCUT2D eigenvalue weighted by molar-refractivity contribution is 0.961. The molecule has 0 amide bonds. The van der Waals surface area contributed by atoms with Gasteiger partial charge in [-0.1, -0.05) is 49.4 Å². The average Bonchev–Trinajstić information content (AvgIpc) is 2.91. The third kappa shape index (κ3) is 2.82. The molecule has 1 heterocycles. The highest BCUT2D eigenvalue weighted by molar-refractivity contribution is 5.64. The minimum absolute atomic E-state index is 0.909. The van der Waals surface area contributed by atoms with Gasteiger partial charge in [0, 0.05) is 5.56 Å². The smallest absolute Gasteiger partial charge is 0.115 e. The standard InChI is InChI=1S/C18H19N3/c1-3-17-18(15-9-5-4-6-10-15)21(13-19-17)20-16-11-7-8-14(2)12-16/h4-13,20H,3H2,1-2H3. The van der Waals surface area contributed by atoms with E-state index in [2.05, 4.69) is 72.8 Å². The number of aryl methyl sites for hydroxylation is 2. The van der Waals surface area contributed by atoms with E-state index < -0.39 is 0 Å². The van der Waals surface area contributed by atoms with Crippen molar-refractivity contribution in [3.63, 3.8) is 0 Å². The van der Waals surface area contributed by atoms with Gasteiger partial charge in [0.1, 0.15) is 6.33 Å². The summed E-state index contributed by atoms with van der Waals surface area (Å²) in [5.74, 6) is 0. The fourth-order valence-corrected chi connectivity index (χ4v) is 2.48. The van der Waals surface area contributed by atoms with Crippen molar-refractivity contribution in [1.29, 1.82) is 0 Å². The third-order valence-electron chi connectivity index (χ3n) is 3.49. The Morgan fingerprint density at radius 2 is 1.86 bits per heavy atom. The first kappa shape index (κ1) is 13.4. The van der Waals surface area contributed by atoms with Crippen LogP contribution >= 0.6 is 0 Å². The molecule has 0 aliphatic rings. The van der Waals surface area contributed by atoms with Gasteiger partial charge in [-0.3, -0.25) is 5.43 Å². The SMILES string of the molecule is CCc1ncn(Nc2cccc(C)c2)c1-c1ccccc1.